The first-order chi connectivity index (χ1) is 14.6. The van der Waals surface area contributed by atoms with E-state index in [0.29, 0.717) is 17.1 Å². The fraction of sp³-hybridized carbons (Fsp3) is 0.304. The minimum Gasteiger partial charge on any atom is -0.449 e. The summed E-state index contributed by atoms with van der Waals surface area (Å²) in [5, 5.41) is 10.6. The summed E-state index contributed by atoms with van der Waals surface area (Å²) in [4.78, 5) is 24.3. The molecule has 2 aromatic carbocycles. The summed E-state index contributed by atoms with van der Waals surface area (Å²) < 4.78 is 16.3. The molecule has 162 valence electrons. The Morgan fingerprint density at radius 3 is 2.26 bits per heavy atom. The van der Waals surface area contributed by atoms with Crippen LogP contribution in [0.3, 0.4) is 0 Å². The van der Waals surface area contributed by atoms with Crippen LogP contribution in [-0.2, 0) is 9.47 Å². The fourth-order valence-corrected chi connectivity index (χ4v) is 2.60. The second kappa shape index (κ2) is 8.99. The number of anilines is 1. The molecular formula is C23H25N3O5. The molecule has 0 aliphatic rings. The van der Waals surface area contributed by atoms with Crippen molar-refractivity contribution in [1.82, 2.24) is 10.2 Å². The highest BCUT2D eigenvalue weighted by Crippen LogP contribution is 2.23. The lowest BCUT2D eigenvalue weighted by molar-refractivity contribution is 0.0279. The van der Waals surface area contributed by atoms with E-state index in [1.807, 2.05) is 31.2 Å². The predicted octanol–water partition coefficient (Wildman–Crippen LogP) is 5.31. The summed E-state index contributed by atoms with van der Waals surface area (Å²) in [6.07, 6.45) is -1.30. The number of nitrogens with zero attached hydrogens (tertiary/aromatic N) is 2. The highest BCUT2D eigenvalue weighted by atomic mass is 16.6. The van der Waals surface area contributed by atoms with Crippen LogP contribution in [0, 0.1) is 6.92 Å². The van der Waals surface area contributed by atoms with E-state index in [4.69, 9.17) is 13.9 Å². The first-order valence-corrected chi connectivity index (χ1v) is 9.82. The summed E-state index contributed by atoms with van der Waals surface area (Å²) in [6, 6.07) is 13.9. The van der Waals surface area contributed by atoms with Crippen molar-refractivity contribution in [3.05, 3.63) is 65.5 Å². The lowest BCUT2D eigenvalue weighted by Gasteiger charge is -2.19. The molecule has 1 atom stereocenters. The minimum atomic E-state index is -0.723. The number of aryl methyl sites for hydroxylation is 1. The Balaban J connectivity index is 1.60. The van der Waals surface area contributed by atoms with Crippen LogP contribution < -0.4 is 5.32 Å². The van der Waals surface area contributed by atoms with Gasteiger partial charge in [-0.15, -0.1) is 10.2 Å². The van der Waals surface area contributed by atoms with E-state index in [9.17, 15) is 9.59 Å². The van der Waals surface area contributed by atoms with Gasteiger partial charge >= 0.3 is 12.1 Å². The van der Waals surface area contributed by atoms with Crippen LogP contribution in [-0.4, -0.2) is 27.9 Å². The van der Waals surface area contributed by atoms with Gasteiger partial charge in [0.25, 0.3) is 5.89 Å². The van der Waals surface area contributed by atoms with Gasteiger partial charge in [0.2, 0.25) is 5.89 Å². The Kier molecular flexibility index (Phi) is 6.39. The van der Waals surface area contributed by atoms with E-state index in [-0.39, 0.29) is 5.89 Å². The second-order valence-corrected chi connectivity index (χ2v) is 8.06. The molecule has 8 nitrogen and oxygen atoms in total. The quantitative estimate of drug-likeness (QED) is 0.555. The maximum atomic E-state index is 12.4. The van der Waals surface area contributed by atoms with Gasteiger partial charge in [-0.05, 0) is 71.0 Å². The Morgan fingerprint density at radius 2 is 1.65 bits per heavy atom. The van der Waals surface area contributed by atoms with Gasteiger partial charge in [-0.1, -0.05) is 17.7 Å². The van der Waals surface area contributed by atoms with Crippen molar-refractivity contribution in [2.45, 2.75) is 46.3 Å². The Labute approximate surface area is 180 Å². The molecule has 1 N–H and O–H groups in total. The molecule has 0 radical (unpaired) electrons. The Hall–Kier alpha value is -3.68. The predicted molar refractivity (Wildman–Crippen MR) is 115 cm³/mol. The third-order valence-corrected chi connectivity index (χ3v) is 4.14. The van der Waals surface area contributed by atoms with Crippen molar-refractivity contribution >= 4 is 17.7 Å². The number of ether oxygens (including phenoxy) is 2. The number of carbonyl (C=O) groups excluding carboxylic acids is 2. The Bertz CT molecular complexity index is 1050. The highest BCUT2D eigenvalue weighted by molar-refractivity contribution is 5.91. The molecule has 31 heavy (non-hydrogen) atoms. The molecule has 0 aliphatic heterocycles. The van der Waals surface area contributed by atoms with Crippen LogP contribution in [0.5, 0.6) is 0 Å². The van der Waals surface area contributed by atoms with E-state index in [2.05, 4.69) is 15.5 Å². The van der Waals surface area contributed by atoms with Crippen molar-refractivity contribution < 1.29 is 23.5 Å². The van der Waals surface area contributed by atoms with Gasteiger partial charge in [-0.25, -0.2) is 9.59 Å². The number of hydrogen-bond acceptors (Lipinski definition) is 7. The molecular weight excluding hydrogens is 398 g/mol. The van der Waals surface area contributed by atoms with Gasteiger partial charge in [-0.3, -0.25) is 5.32 Å². The third kappa shape index (κ3) is 6.15. The van der Waals surface area contributed by atoms with E-state index < -0.39 is 23.8 Å². The molecule has 0 unspecified atom stereocenters. The molecule has 1 heterocycles. The van der Waals surface area contributed by atoms with Crippen LogP contribution in [0.2, 0.25) is 0 Å². The van der Waals surface area contributed by atoms with Crippen molar-refractivity contribution in [2.75, 3.05) is 5.32 Å². The number of rotatable bonds is 5. The van der Waals surface area contributed by atoms with Crippen molar-refractivity contribution in [3.8, 4) is 11.5 Å². The van der Waals surface area contributed by atoms with E-state index >= 15 is 0 Å². The lowest BCUT2D eigenvalue weighted by atomic mass is 10.1. The number of benzene rings is 2. The van der Waals surface area contributed by atoms with E-state index in [0.717, 1.165) is 11.1 Å². The number of amides is 1. The summed E-state index contributed by atoms with van der Waals surface area (Å²) >= 11 is 0. The molecule has 1 amide bonds. The molecule has 0 spiro atoms. The molecule has 8 heteroatoms. The third-order valence-electron chi connectivity index (χ3n) is 4.14. The fourth-order valence-electron chi connectivity index (χ4n) is 2.60. The first-order valence-electron chi connectivity index (χ1n) is 9.82. The zero-order valence-electron chi connectivity index (χ0n) is 18.1. The maximum absolute atomic E-state index is 12.4. The van der Waals surface area contributed by atoms with Crippen molar-refractivity contribution in [2.24, 2.45) is 0 Å². The number of aromatic nitrogens is 2. The largest absolute Gasteiger partial charge is 0.449 e. The summed E-state index contributed by atoms with van der Waals surface area (Å²) in [5.41, 5.74) is 2.13. The normalized spacial score (nSPS) is 12.2. The highest BCUT2D eigenvalue weighted by Gasteiger charge is 2.20. The number of esters is 1. The van der Waals surface area contributed by atoms with Gasteiger partial charge in [-0.2, -0.15) is 0 Å². The monoisotopic (exact) mass is 423 g/mol. The SMILES string of the molecule is Cc1ccc(-c2nnc([C@H](C)OC(=O)c3ccc(NC(=O)OC(C)(C)C)cc3)o2)cc1. The smallest absolute Gasteiger partial charge is 0.412 e. The van der Waals surface area contributed by atoms with Crippen molar-refractivity contribution in [1.29, 1.82) is 0 Å². The summed E-state index contributed by atoms with van der Waals surface area (Å²) in [5.74, 6) is 0.00834. The van der Waals surface area contributed by atoms with Gasteiger partial charge < -0.3 is 13.9 Å². The second-order valence-electron chi connectivity index (χ2n) is 8.06. The minimum absolute atomic E-state index is 0.201. The number of nitrogens with one attached hydrogen (secondary N) is 1. The lowest BCUT2D eigenvalue weighted by Crippen LogP contribution is -2.27. The van der Waals surface area contributed by atoms with Crippen LogP contribution in [0.4, 0.5) is 10.5 Å². The summed E-state index contributed by atoms with van der Waals surface area (Å²) in [7, 11) is 0. The van der Waals surface area contributed by atoms with Crippen molar-refractivity contribution in [3.63, 3.8) is 0 Å². The zero-order chi connectivity index (χ0) is 22.6. The number of hydrogen-bond donors (Lipinski definition) is 1. The average molecular weight is 423 g/mol. The maximum Gasteiger partial charge on any atom is 0.412 e. The van der Waals surface area contributed by atoms with Gasteiger partial charge in [0.15, 0.2) is 6.10 Å². The molecule has 0 fully saturated rings. The number of carbonyl (C=O) groups is 2. The van der Waals surface area contributed by atoms with Crippen LogP contribution in [0.1, 0.15) is 55.6 Å². The first kappa shape index (κ1) is 22.0. The van der Waals surface area contributed by atoms with Gasteiger partial charge in [0.05, 0.1) is 5.56 Å². The topological polar surface area (TPSA) is 104 Å². The Morgan fingerprint density at radius 1 is 1.00 bits per heavy atom. The summed E-state index contributed by atoms with van der Waals surface area (Å²) in [6.45, 7) is 8.98. The zero-order valence-corrected chi connectivity index (χ0v) is 18.1. The molecule has 3 aromatic rings. The molecule has 3 rings (SSSR count). The van der Waals surface area contributed by atoms with E-state index in [1.54, 1.807) is 52.0 Å². The van der Waals surface area contributed by atoms with Gasteiger partial charge in [0, 0.05) is 11.3 Å². The molecule has 0 aliphatic carbocycles. The molecule has 0 bridgehead atoms. The molecule has 1 aromatic heterocycles. The van der Waals surface area contributed by atoms with Gasteiger partial charge in [0.1, 0.15) is 5.60 Å². The average Bonchev–Trinajstić information content (AvgIpc) is 3.18. The molecule has 0 saturated carbocycles. The van der Waals surface area contributed by atoms with Crippen LogP contribution >= 0.6 is 0 Å². The van der Waals surface area contributed by atoms with Crippen LogP contribution in [0.25, 0.3) is 11.5 Å². The van der Waals surface area contributed by atoms with E-state index in [1.165, 1.54) is 0 Å². The standard InChI is InChI=1S/C23H25N3O5/c1-14-6-8-16(9-7-14)20-26-25-19(30-20)15(2)29-21(27)17-10-12-18(13-11-17)24-22(28)31-23(3,4)5/h6-13,15H,1-5H3,(H,24,28)/t15-/m0/s1. The van der Waals surface area contributed by atoms with Crippen LogP contribution in [0.15, 0.2) is 52.9 Å². The molecule has 0 saturated heterocycles.